The summed E-state index contributed by atoms with van der Waals surface area (Å²) in [5.74, 6) is 0.853. The molecule has 0 amide bonds. The van der Waals surface area contributed by atoms with Crippen LogP contribution in [0.2, 0.25) is 0 Å². The van der Waals surface area contributed by atoms with Crippen molar-refractivity contribution >= 4 is 24.3 Å². The predicted molar refractivity (Wildman–Crippen MR) is 108 cm³/mol. The van der Waals surface area contributed by atoms with Crippen molar-refractivity contribution in [1.29, 1.82) is 15.9 Å². The van der Waals surface area contributed by atoms with E-state index in [2.05, 4.69) is 26.4 Å². The molecule has 10 heteroatoms. The Morgan fingerprint density at radius 3 is 2.79 bits per heavy atom. The second kappa shape index (κ2) is 9.78. The number of likely N-dealkylation sites (tertiary alicyclic amines) is 1. The number of aliphatic imine (C=N–C) groups is 2. The Labute approximate surface area is 163 Å². The molecule has 2 rings (SSSR count). The van der Waals surface area contributed by atoms with Crippen LogP contribution in [0.4, 0.5) is 5.82 Å². The van der Waals surface area contributed by atoms with Gasteiger partial charge in [0.15, 0.2) is 0 Å². The highest BCUT2D eigenvalue weighted by atomic mass is 15.3. The average molecular weight is 380 g/mol. The van der Waals surface area contributed by atoms with E-state index >= 15 is 0 Å². The van der Waals surface area contributed by atoms with Crippen molar-refractivity contribution in [3.8, 4) is 12.3 Å². The van der Waals surface area contributed by atoms with Gasteiger partial charge in [-0.25, -0.2) is 4.99 Å². The number of aromatic nitrogens is 1. The molecule has 1 aromatic rings. The summed E-state index contributed by atoms with van der Waals surface area (Å²) in [4.78, 5) is 12.5. The fraction of sp³-hybridized carbons (Fsp3) is 0.389. The predicted octanol–water partition coefficient (Wildman–Crippen LogP) is 0.843. The monoisotopic (exact) mass is 380 g/mol. The zero-order valence-electron chi connectivity index (χ0n) is 15.5. The largest absolute Gasteiger partial charge is 0.390 e. The lowest BCUT2D eigenvalue weighted by molar-refractivity contribution is 0.203. The van der Waals surface area contributed by atoms with Crippen molar-refractivity contribution in [2.75, 3.05) is 13.1 Å². The smallest absolute Gasteiger partial charge is 0.209 e. The number of nitrogens with one attached hydrogen (secondary N) is 3. The number of nitriles is 2. The third-order valence-corrected chi connectivity index (χ3v) is 4.78. The number of piperidine rings is 1. The zero-order chi connectivity index (χ0) is 20.4. The first-order chi connectivity index (χ1) is 13.6. The minimum Gasteiger partial charge on any atom is -0.390 e. The molecule has 1 aromatic heterocycles. The summed E-state index contributed by atoms with van der Waals surface area (Å²) >= 11 is 0. The highest BCUT2D eigenvalue weighted by molar-refractivity contribution is 5.79. The van der Waals surface area contributed by atoms with Gasteiger partial charge in [-0.2, -0.15) is 10.5 Å². The van der Waals surface area contributed by atoms with E-state index in [9.17, 15) is 5.26 Å². The van der Waals surface area contributed by atoms with Crippen LogP contribution in [-0.4, -0.2) is 47.0 Å². The molecule has 0 spiro atoms. The number of rotatable bonds is 7. The van der Waals surface area contributed by atoms with E-state index in [1.165, 1.54) is 12.6 Å². The van der Waals surface area contributed by atoms with E-state index < -0.39 is 5.54 Å². The first-order valence-corrected chi connectivity index (χ1v) is 8.79. The summed E-state index contributed by atoms with van der Waals surface area (Å²) in [6.07, 6.45) is 9.90. The van der Waals surface area contributed by atoms with Crippen LogP contribution >= 0.6 is 0 Å². The molecule has 7 N–H and O–H groups in total. The van der Waals surface area contributed by atoms with Crippen molar-refractivity contribution < 1.29 is 0 Å². The highest BCUT2D eigenvalue weighted by Crippen LogP contribution is 2.26. The Morgan fingerprint density at radius 2 is 2.18 bits per heavy atom. The molecule has 146 valence electrons. The molecule has 0 bridgehead atoms. The molecule has 0 atom stereocenters. The van der Waals surface area contributed by atoms with Gasteiger partial charge in [-0.1, -0.05) is 0 Å². The summed E-state index contributed by atoms with van der Waals surface area (Å²) < 4.78 is 0. The molecule has 1 aliphatic rings. The number of aromatic amines is 1. The summed E-state index contributed by atoms with van der Waals surface area (Å²) in [5, 5.41) is 29.0. The normalized spacial score (nSPS) is 17.1. The Bertz CT molecular complexity index is 840. The van der Waals surface area contributed by atoms with E-state index in [0.29, 0.717) is 44.6 Å². The Kier molecular flexibility index (Phi) is 7.17. The number of nitrogens with zero attached hydrogens (tertiary/aromatic N) is 5. The van der Waals surface area contributed by atoms with Crippen LogP contribution in [0.3, 0.4) is 0 Å². The molecule has 10 nitrogen and oxygen atoms in total. The molecule has 2 heterocycles. The van der Waals surface area contributed by atoms with E-state index in [1.807, 2.05) is 11.0 Å². The van der Waals surface area contributed by atoms with Crippen molar-refractivity contribution in [2.45, 2.75) is 31.2 Å². The van der Waals surface area contributed by atoms with Crippen LogP contribution in [0.1, 0.15) is 24.8 Å². The Morgan fingerprint density at radius 1 is 1.43 bits per heavy atom. The third kappa shape index (κ3) is 5.11. The maximum Gasteiger partial charge on any atom is 0.209 e. The molecular weight excluding hydrogens is 356 g/mol. The van der Waals surface area contributed by atoms with Gasteiger partial charge in [0, 0.05) is 43.7 Å². The lowest BCUT2D eigenvalue weighted by atomic mass is 9.85. The SMILES string of the molecule is N#CCC1(N/C=C(\C=N)Cc2cc[nH]c2/N=C\N)CCN(/C(N)=N\C#N)CC1. The number of nitrogens with two attached hydrogens (primary N) is 2. The van der Waals surface area contributed by atoms with Gasteiger partial charge in [0.1, 0.15) is 5.82 Å². The molecule has 1 fully saturated rings. The summed E-state index contributed by atoms with van der Waals surface area (Å²) in [6, 6.07) is 4.13. The Balaban J connectivity index is 2.09. The molecule has 28 heavy (non-hydrogen) atoms. The maximum atomic E-state index is 9.28. The van der Waals surface area contributed by atoms with Crippen LogP contribution < -0.4 is 16.8 Å². The molecule has 1 aliphatic heterocycles. The van der Waals surface area contributed by atoms with Crippen molar-refractivity contribution in [3.63, 3.8) is 0 Å². The molecular formula is C18H24N10. The lowest BCUT2D eigenvalue weighted by Gasteiger charge is -2.41. The zero-order valence-corrected chi connectivity index (χ0v) is 15.5. The number of hydrogen-bond donors (Lipinski definition) is 5. The second-order valence-electron chi connectivity index (χ2n) is 6.49. The van der Waals surface area contributed by atoms with Gasteiger partial charge in [-0.3, -0.25) is 0 Å². The van der Waals surface area contributed by atoms with Gasteiger partial charge in [-0.15, -0.1) is 4.99 Å². The van der Waals surface area contributed by atoms with Crippen LogP contribution in [0.25, 0.3) is 0 Å². The first-order valence-electron chi connectivity index (χ1n) is 8.79. The van der Waals surface area contributed by atoms with Crippen LogP contribution in [0.15, 0.2) is 34.0 Å². The summed E-state index contributed by atoms with van der Waals surface area (Å²) in [7, 11) is 0. The average Bonchev–Trinajstić information content (AvgIpc) is 3.13. The minimum atomic E-state index is -0.414. The van der Waals surface area contributed by atoms with Gasteiger partial charge in [0.25, 0.3) is 0 Å². The molecule has 1 saturated heterocycles. The number of guanidine groups is 1. The quantitative estimate of drug-likeness (QED) is 0.265. The number of allylic oxidation sites excluding steroid dienone is 1. The van der Waals surface area contributed by atoms with E-state index in [-0.39, 0.29) is 5.96 Å². The molecule has 0 unspecified atom stereocenters. The summed E-state index contributed by atoms with van der Waals surface area (Å²) in [6.45, 7) is 1.18. The van der Waals surface area contributed by atoms with Crippen molar-refractivity contribution in [3.05, 3.63) is 29.6 Å². The minimum absolute atomic E-state index is 0.198. The Hall–Kier alpha value is -3.79. The van der Waals surface area contributed by atoms with Gasteiger partial charge in [0.05, 0.1) is 24.4 Å². The third-order valence-electron chi connectivity index (χ3n) is 4.78. The van der Waals surface area contributed by atoms with Gasteiger partial charge in [-0.05, 0) is 24.5 Å². The second-order valence-corrected chi connectivity index (χ2v) is 6.49. The number of hydrogen-bond acceptors (Lipinski definition) is 6. The van der Waals surface area contributed by atoms with E-state index in [1.54, 1.807) is 18.6 Å². The van der Waals surface area contributed by atoms with Crippen LogP contribution in [0.5, 0.6) is 0 Å². The van der Waals surface area contributed by atoms with Gasteiger partial charge < -0.3 is 32.1 Å². The highest BCUT2D eigenvalue weighted by Gasteiger charge is 2.34. The first kappa shape index (κ1) is 20.5. The van der Waals surface area contributed by atoms with E-state index in [0.717, 1.165) is 11.1 Å². The maximum absolute atomic E-state index is 9.28. The van der Waals surface area contributed by atoms with Gasteiger partial charge in [0.2, 0.25) is 12.2 Å². The summed E-state index contributed by atoms with van der Waals surface area (Å²) in [5.41, 5.74) is 12.4. The number of H-pyrrole nitrogens is 1. The van der Waals surface area contributed by atoms with Crippen molar-refractivity contribution in [1.82, 2.24) is 15.2 Å². The fourth-order valence-corrected chi connectivity index (χ4v) is 3.15. The van der Waals surface area contributed by atoms with Crippen LogP contribution in [0, 0.1) is 28.2 Å². The molecule has 0 saturated carbocycles. The molecule has 0 aliphatic carbocycles. The van der Waals surface area contributed by atoms with Crippen LogP contribution in [-0.2, 0) is 6.42 Å². The lowest BCUT2D eigenvalue weighted by Crippen LogP contribution is -2.54. The van der Waals surface area contributed by atoms with Crippen molar-refractivity contribution in [2.24, 2.45) is 21.5 Å². The standard InChI is InChI=1S/C18H24N10/c19-5-2-18(3-7-28(8-4-18)17(23)26-13-22)27-11-14(10-20)9-15-1-6-24-16(15)25-12-21/h1,6,10-12,20,24,27H,2-4,7-9H2,(H2,21,25)(H2,23,26)/b14-11-,20-10?. The van der Waals surface area contributed by atoms with Gasteiger partial charge >= 0.3 is 0 Å². The van der Waals surface area contributed by atoms with E-state index in [4.69, 9.17) is 22.1 Å². The topological polar surface area (TPSA) is 179 Å². The fourth-order valence-electron chi connectivity index (χ4n) is 3.15. The molecule has 0 aromatic carbocycles. The molecule has 0 radical (unpaired) electrons.